The van der Waals surface area contributed by atoms with E-state index in [-0.39, 0.29) is 12.1 Å². The summed E-state index contributed by atoms with van der Waals surface area (Å²) >= 11 is 0. The predicted octanol–water partition coefficient (Wildman–Crippen LogP) is 1.71. The van der Waals surface area contributed by atoms with Gasteiger partial charge < -0.3 is 19.3 Å². The van der Waals surface area contributed by atoms with Crippen LogP contribution in [-0.2, 0) is 9.47 Å². The summed E-state index contributed by atoms with van der Waals surface area (Å²) in [6.07, 6.45) is 3.35. The van der Waals surface area contributed by atoms with Crippen LogP contribution in [0.3, 0.4) is 0 Å². The molecule has 0 aromatic carbocycles. The highest BCUT2D eigenvalue weighted by Gasteiger charge is 2.32. The summed E-state index contributed by atoms with van der Waals surface area (Å²) in [7, 11) is 3.05. The second-order valence-corrected chi connectivity index (χ2v) is 6.74. The van der Waals surface area contributed by atoms with Gasteiger partial charge in [0.25, 0.3) is 0 Å². The molecule has 24 heavy (non-hydrogen) atoms. The van der Waals surface area contributed by atoms with Gasteiger partial charge in [-0.15, -0.1) is 0 Å². The van der Waals surface area contributed by atoms with E-state index in [1.807, 2.05) is 25.7 Å². The van der Waals surface area contributed by atoms with Crippen molar-refractivity contribution in [3.8, 4) is 0 Å². The molecule has 8 nitrogen and oxygen atoms in total. The quantitative estimate of drug-likeness (QED) is 0.777. The Morgan fingerprint density at radius 2 is 1.92 bits per heavy atom. The van der Waals surface area contributed by atoms with E-state index in [0.29, 0.717) is 18.1 Å². The molecule has 0 saturated carbocycles. The number of hydrogen-bond acceptors (Lipinski definition) is 7. The Bertz CT molecular complexity index is 597. The van der Waals surface area contributed by atoms with Gasteiger partial charge in [0.1, 0.15) is 5.60 Å². The van der Waals surface area contributed by atoms with Crippen molar-refractivity contribution >= 4 is 18.0 Å². The van der Waals surface area contributed by atoms with Crippen molar-refractivity contribution in [2.75, 3.05) is 32.1 Å². The standard InChI is InChI=1S/C16H24N4O4/c1-16(2,3)24-15(22)19(4)12-6-7-20(10-12)14-17-8-11(9-18-14)13(21)23-5/h8-9,12H,6-7,10H2,1-5H3/t12-/m1/s1. The number of aromatic nitrogens is 2. The highest BCUT2D eigenvalue weighted by molar-refractivity contribution is 5.88. The Balaban J connectivity index is 1.97. The van der Waals surface area contributed by atoms with Gasteiger partial charge in [-0.25, -0.2) is 19.6 Å². The third kappa shape index (κ3) is 4.33. The van der Waals surface area contributed by atoms with Crippen molar-refractivity contribution in [2.24, 2.45) is 0 Å². The number of rotatable bonds is 3. The Morgan fingerprint density at radius 1 is 1.29 bits per heavy atom. The van der Waals surface area contributed by atoms with Crippen molar-refractivity contribution in [2.45, 2.75) is 38.8 Å². The van der Waals surface area contributed by atoms with Crippen LogP contribution >= 0.6 is 0 Å². The van der Waals surface area contributed by atoms with E-state index < -0.39 is 11.6 Å². The number of hydrogen-bond donors (Lipinski definition) is 0. The largest absolute Gasteiger partial charge is 0.465 e. The van der Waals surface area contributed by atoms with Crippen molar-refractivity contribution < 1.29 is 19.1 Å². The molecule has 0 spiro atoms. The van der Waals surface area contributed by atoms with Gasteiger partial charge in [0.05, 0.1) is 18.7 Å². The molecular formula is C16H24N4O4. The molecular weight excluding hydrogens is 312 g/mol. The number of carbonyl (C=O) groups excluding carboxylic acids is 2. The predicted molar refractivity (Wildman–Crippen MR) is 88.0 cm³/mol. The maximum atomic E-state index is 12.1. The highest BCUT2D eigenvalue weighted by atomic mass is 16.6. The lowest BCUT2D eigenvalue weighted by molar-refractivity contribution is 0.0237. The summed E-state index contributed by atoms with van der Waals surface area (Å²) in [5, 5.41) is 0. The maximum absolute atomic E-state index is 12.1. The molecule has 1 aromatic heterocycles. The first-order valence-corrected chi connectivity index (χ1v) is 7.82. The van der Waals surface area contributed by atoms with E-state index in [1.54, 1.807) is 11.9 Å². The molecule has 2 rings (SSSR count). The van der Waals surface area contributed by atoms with Crippen LogP contribution in [-0.4, -0.2) is 65.8 Å². The van der Waals surface area contributed by atoms with Crippen molar-refractivity contribution in [1.29, 1.82) is 0 Å². The zero-order valence-corrected chi connectivity index (χ0v) is 14.8. The first-order chi connectivity index (χ1) is 11.2. The summed E-state index contributed by atoms with van der Waals surface area (Å²) in [5.41, 5.74) is -0.209. The lowest BCUT2D eigenvalue weighted by Crippen LogP contribution is -2.42. The Labute approximate surface area is 141 Å². The van der Waals surface area contributed by atoms with Crippen LogP contribution in [0.25, 0.3) is 0 Å². The summed E-state index contributed by atoms with van der Waals surface area (Å²) < 4.78 is 10.0. The molecule has 1 aliphatic heterocycles. The van der Waals surface area contributed by atoms with Crippen LogP contribution in [0, 0.1) is 0 Å². The van der Waals surface area contributed by atoms with Crippen molar-refractivity contribution in [1.82, 2.24) is 14.9 Å². The third-order valence-corrected chi connectivity index (χ3v) is 3.73. The lowest BCUT2D eigenvalue weighted by atomic mass is 10.2. The molecule has 0 bridgehead atoms. The molecule has 0 aliphatic carbocycles. The van der Waals surface area contributed by atoms with Crippen LogP contribution in [0.2, 0.25) is 0 Å². The molecule has 0 radical (unpaired) electrons. The van der Waals surface area contributed by atoms with Gasteiger partial charge in [-0.2, -0.15) is 0 Å². The summed E-state index contributed by atoms with van der Waals surface area (Å²) in [4.78, 5) is 35.6. The fraction of sp³-hybridized carbons (Fsp3) is 0.625. The van der Waals surface area contributed by atoms with Crippen LogP contribution in [0.1, 0.15) is 37.6 Å². The number of esters is 1. The molecule has 0 N–H and O–H groups in total. The molecule has 132 valence electrons. The van der Waals surface area contributed by atoms with Gasteiger partial charge in [0.2, 0.25) is 5.95 Å². The van der Waals surface area contributed by atoms with E-state index in [0.717, 1.165) is 13.0 Å². The maximum Gasteiger partial charge on any atom is 0.410 e. The number of nitrogens with zero attached hydrogens (tertiary/aromatic N) is 4. The molecule has 0 unspecified atom stereocenters. The number of methoxy groups -OCH3 is 1. The van der Waals surface area contributed by atoms with Gasteiger partial charge >= 0.3 is 12.1 Å². The van der Waals surface area contributed by atoms with E-state index >= 15 is 0 Å². The van der Waals surface area contributed by atoms with E-state index in [2.05, 4.69) is 14.7 Å². The third-order valence-electron chi connectivity index (χ3n) is 3.73. The molecule has 1 fully saturated rings. The van der Waals surface area contributed by atoms with Crippen LogP contribution in [0.4, 0.5) is 10.7 Å². The Kier molecular flexibility index (Phi) is 5.26. The van der Waals surface area contributed by atoms with Gasteiger partial charge in [-0.3, -0.25) is 0 Å². The van der Waals surface area contributed by atoms with Crippen LogP contribution in [0.15, 0.2) is 12.4 Å². The van der Waals surface area contributed by atoms with Gasteiger partial charge in [0, 0.05) is 32.5 Å². The fourth-order valence-corrected chi connectivity index (χ4v) is 2.43. The van der Waals surface area contributed by atoms with E-state index in [9.17, 15) is 9.59 Å². The lowest BCUT2D eigenvalue weighted by Gasteiger charge is -2.28. The molecule has 8 heteroatoms. The summed E-state index contributed by atoms with van der Waals surface area (Å²) in [5.74, 6) is 0.0632. The van der Waals surface area contributed by atoms with Gasteiger partial charge in [0.15, 0.2) is 0 Å². The normalized spacial score (nSPS) is 17.5. The molecule has 1 aromatic rings. The van der Waals surface area contributed by atoms with E-state index in [1.165, 1.54) is 19.5 Å². The number of ether oxygens (including phenoxy) is 2. The average molecular weight is 336 g/mol. The van der Waals surface area contributed by atoms with Crippen LogP contribution in [0.5, 0.6) is 0 Å². The first-order valence-electron chi connectivity index (χ1n) is 7.82. The molecule has 1 aliphatic rings. The smallest absolute Gasteiger partial charge is 0.410 e. The van der Waals surface area contributed by atoms with Gasteiger partial charge in [-0.05, 0) is 27.2 Å². The Hall–Kier alpha value is -2.38. The molecule has 1 saturated heterocycles. The summed E-state index contributed by atoms with van der Waals surface area (Å²) in [6, 6.07) is 0.0312. The van der Waals surface area contributed by atoms with Crippen molar-refractivity contribution in [3.63, 3.8) is 0 Å². The van der Waals surface area contributed by atoms with Crippen molar-refractivity contribution in [3.05, 3.63) is 18.0 Å². The zero-order chi connectivity index (χ0) is 17.9. The second-order valence-electron chi connectivity index (χ2n) is 6.74. The SMILES string of the molecule is COC(=O)c1cnc(N2CC[C@@H](N(C)C(=O)OC(C)(C)C)C2)nc1. The number of carbonyl (C=O) groups is 2. The minimum absolute atomic E-state index is 0.0312. The molecule has 1 amide bonds. The van der Waals surface area contributed by atoms with E-state index in [4.69, 9.17) is 4.74 Å². The fourth-order valence-electron chi connectivity index (χ4n) is 2.43. The molecule has 1 atom stereocenters. The number of amides is 1. The topological polar surface area (TPSA) is 84.9 Å². The first kappa shape index (κ1) is 18.0. The zero-order valence-electron chi connectivity index (χ0n) is 14.8. The second kappa shape index (κ2) is 7.02. The van der Waals surface area contributed by atoms with Gasteiger partial charge in [-0.1, -0.05) is 0 Å². The van der Waals surface area contributed by atoms with Crippen LogP contribution < -0.4 is 4.90 Å². The minimum Gasteiger partial charge on any atom is -0.465 e. The summed E-state index contributed by atoms with van der Waals surface area (Å²) in [6.45, 7) is 6.88. The highest BCUT2D eigenvalue weighted by Crippen LogP contribution is 2.21. The number of anilines is 1. The Morgan fingerprint density at radius 3 is 2.46 bits per heavy atom. The number of likely N-dealkylation sites (N-methyl/N-ethyl adjacent to an activating group) is 1. The average Bonchev–Trinajstić information content (AvgIpc) is 3.01. The monoisotopic (exact) mass is 336 g/mol. The molecule has 2 heterocycles. The minimum atomic E-state index is -0.517.